The lowest BCUT2D eigenvalue weighted by Crippen LogP contribution is -2.41. The van der Waals surface area contributed by atoms with Gasteiger partial charge in [0.1, 0.15) is 35.8 Å². The van der Waals surface area contributed by atoms with Crippen LogP contribution in [0.4, 0.5) is 11.4 Å². The van der Waals surface area contributed by atoms with Crippen molar-refractivity contribution in [3.63, 3.8) is 0 Å². The number of ether oxygens (including phenoxy) is 4. The van der Waals surface area contributed by atoms with Gasteiger partial charge in [0.15, 0.2) is 0 Å². The fourth-order valence-corrected chi connectivity index (χ4v) is 4.03. The molecule has 10 heteroatoms. The lowest BCUT2D eigenvalue weighted by Gasteiger charge is -2.32. The quantitative estimate of drug-likeness (QED) is 0.596. The van der Waals surface area contributed by atoms with E-state index in [1.54, 1.807) is 24.4 Å². The molecule has 180 valence electrons. The van der Waals surface area contributed by atoms with Crippen LogP contribution in [0.25, 0.3) is 0 Å². The Morgan fingerprint density at radius 1 is 1.35 bits per heavy atom. The molecule has 0 saturated carbocycles. The highest BCUT2D eigenvalue weighted by Crippen LogP contribution is 2.39. The summed E-state index contributed by atoms with van der Waals surface area (Å²) in [7, 11) is 1.47. The molecule has 4 rings (SSSR count). The Hall–Kier alpha value is -3.55. The zero-order valence-corrected chi connectivity index (χ0v) is 19.0. The summed E-state index contributed by atoms with van der Waals surface area (Å²) in [5.41, 5.74) is 1.81. The van der Waals surface area contributed by atoms with Crippen molar-refractivity contribution in [2.75, 3.05) is 51.5 Å². The first-order valence-electron chi connectivity index (χ1n) is 11.2. The molecule has 1 saturated heterocycles. The van der Waals surface area contributed by atoms with Crippen LogP contribution in [0.3, 0.4) is 0 Å². The SMILES string of the molecule is COc1ncc(N2CCOc3ccc(O[C@@H](CO)CNC(=O)C4CCOCC4)cc32)cc1C#N. The van der Waals surface area contributed by atoms with E-state index in [-0.39, 0.29) is 30.9 Å². The van der Waals surface area contributed by atoms with Gasteiger partial charge in [0, 0.05) is 25.2 Å². The lowest BCUT2D eigenvalue weighted by molar-refractivity contribution is -0.128. The van der Waals surface area contributed by atoms with E-state index in [0.717, 1.165) is 11.4 Å². The normalized spacial score (nSPS) is 16.6. The molecule has 0 aliphatic carbocycles. The van der Waals surface area contributed by atoms with Crippen LogP contribution in [-0.2, 0) is 9.53 Å². The number of pyridine rings is 1. The molecule has 2 aromatic rings. The Bertz CT molecular complexity index is 1050. The minimum atomic E-state index is -0.604. The Labute approximate surface area is 198 Å². The summed E-state index contributed by atoms with van der Waals surface area (Å²) in [5.74, 6) is 1.34. The van der Waals surface area contributed by atoms with Crippen molar-refractivity contribution in [1.29, 1.82) is 5.26 Å². The molecule has 1 amide bonds. The number of rotatable bonds is 8. The van der Waals surface area contributed by atoms with Crippen LogP contribution >= 0.6 is 0 Å². The molecule has 2 N–H and O–H groups in total. The van der Waals surface area contributed by atoms with Crippen LogP contribution < -0.4 is 24.4 Å². The summed E-state index contributed by atoms with van der Waals surface area (Å²) >= 11 is 0. The van der Waals surface area contributed by atoms with Gasteiger partial charge in [-0.2, -0.15) is 5.26 Å². The zero-order chi connectivity index (χ0) is 23.9. The molecule has 0 bridgehead atoms. The number of aliphatic hydroxyl groups is 1. The number of amides is 1. The number of aliphatic hydroxyl groups excluding tert-OH is 1. The van der Waals surface area contributed by atoms with Crippen LogP contribution in [0.2, 0.25) is 0 Å². The first-order chi connectivity index (χ1) is 16.6. The number of hydrogen-bond donors (Lipinski definition) is 2. The highest BCUT2D eigenvalue weighted by molar-refractivity contribution is 5.78. The van der Waals surface area contributed by atoms with Crippen LogP contribution in [0.5, 0.6) is 17.4 Å². The second kappa shape index (κ2) is 11.0. The highest BCUT2D eigenvalue weighted by atomic mass is 16.5. The van der Waals surface area contributed by atoms with Crippen LogP contribution in [0.1, 0.15) is 18.4 Å². The number of hydrogen-bond acceptors (Lipinski definition) is 9. The van der Waals surface area contributed by atoms with Crippen molar-refractivity contribution >= 4 is 17.3 Å². The van der Waals surface area contributed by atoms with E-state index < -0.39 is 6.10 Å². The monoisotopic (exact) mass is 468 g/mol. The van der Waals surface area contributed by atoms with Gasteiger partial charge < -0.3 is 34.3 Å². The molecular weight excluding hydrogens is 440 g/mol. The average Bonchev–Trinajstić information content (AvgIpc) is 2.90. The van der Waals surface area contributed by atoms with Crippen LogP contribution in [0, 0.1) is 17.2 Å². The predicted octanol–water partition coefficient (Wildman–Crippen LogP) is 1.77. The number of nitrogens with one attached hydrogen (secondary N) is 1. The molecule has 0 radical (unpaired) electrons. The average molecular weight is 469 g/mol. The smallest absolute Gasteiger partial charge is 0.231 e. The van der Waals surface area contributed by atoms with E-state index in [1.165, 1.54) is 7.11 Å². The number of fused-ring (bicyclic) bond motifs is 1. The molecule has 1 fully saturated rings. The van der Waals surface area contributed by atoms with Crippen LogP contribution in [0.15, 0.2) is 30.5 Å². The summed E-state index contributed by atoms with van der Waals surface area (Å²) < 4.78 is 22.2. The van der Waals surface area contributed by atoms with Gasteiger partial charge >= 0.3 is 0 Å². The van der Waals surface area contributed by atoms with Gasteiger partial charge in [-0.25, -0.2) is 4.98 Å². The second-order valence-electron chi connectivity index (χ2n) is 8.05. The van der Waals surface area contributed by atoms with Gasteiger partial charge in [0.25, 0.3) is 0 Å². The molecule has 1 aromatic heterocycles. The van der Waals surface area contributed by atoms with E-state index >= 15 is 0 Å². The number of benzene rings is 1. The molecule has 0 spiro atoms. The summed E-state index contributed by atoms with van der Waals surface area (Å²) in [5, 5.41) is 22.1. The molecule has 3 heterocycles. The van der Waals surface area contributed by atoms with E-state index in [1.807, 2.05) is 11.0 Å². The van der Waals surface area contributed by atoms with E-state index in [0.29, 0.717) is 56.3 Å². The number of carbonyl (C=O) groups excluding carboxylic acids is 1. The minimum Gasteiger partial charge on any atom is -0.490 e. The highest BCUT2D eigenvalue weighted by Gasteiger charge is 2.24. The number of aromatic nitrogens is 1. The van der Waals surface area contributed by atoms with Crippen molar-refractivity contribution in [1.82, 2.24) is 10.3 Å². The molecule has 10 nitrogen and oxygen atoms in total. The molecule has 1 atom stereocenters. The third-order valence-electron chi connectivity index (χ3n) is 5.86. The van der Waals surface area contributed by atoms with Crippen molar-refractivity contribution < 1.29 is 28.8 Å². The summed E-state index contributed by atoms with van der Waals surface area (Å²) in [6.07, 6.45) is 2.44. The number of carbonyl (C=O) groups is 1. The van der Waals surface area contributed by atoms with Crippen molar-refractivity contribution in [2.24, 2.45) is 5.92 Å². The van der Waals surface area contributed by atoms with Crippen LogP contribution in [-0.4, -0.2) is 68.7 Å². The number of nitrogens with zero attached hydrogens (tertiary/aromatic N) is 3. The van der Waals surface area contributed by atoms with Gasteiger partial charge in [-0.05, 0) is 31.0 Å². The van der Waals surface area contributed by atoms with E-state index in [2.05, 4.69) is 16.4 Å². The summed E-state index contributed by atoms with van der Waals surface area (Å²) in [6, 6.07) is 9.20. The lowest BCUT2D eigenvalue weighted by atomic mass is 9.99. The number of methoxy groups -OCH3 is 1. The zero-order valence-electron chi connectivity index (χ0n) is 19.0. The van der Waals surface area contributed by atoms with Gasteiger partial charge in [-0.3, -0.25) is 4.79 Å². The molecular formula is C24H28N4O6. The van der Waals surface area contributed by atoms with Gasteiger partial charge in [-0.15, -0.1) is 0 Å². The maximum absolute atomic E-state index is 12.4. The third kappa shape index (κ3) is 5.32. The van der Waals surface area contributed by atoms with E-state index in [9.17, 15) is 15.2 Å². The van der Waals surface area contributed by atoms with E-state index in [4.69, 9.17) is 18.9 Å². The largest absolute Gasteiger partial charge is 0.490 e. The summed E-state index contributed by atoms with van der Waals surface area (Å²) in [6.45, 7) is 2.15. The van der Waals surface area contributed by atoms with Gasteiger partial charge in [0.05, 0.1) is 44.4 Å². The van der Waals surface area contributed by atoms with Crippen molar-refractivity contribution in [2.45, 2.75) is 18.9 Å². The topological polar surface area (TPSA) is 126 Å². The van der Waals surface area contributed by atoms with Gasteiger partial charge in [0.2, 0.25) is 11.8 Å². The predicted molar refractivity (Wildman–Crippen MR) is 123 cm³/mol. The fourth-order valence-electron chi connectivity index (χ4n) is 4.03. The number of anilines is 2. The Kier molecular flexibility index (Phi) is 7.67. The Morgan fingerprint density at radius 2 is 2.18 bits per heavy atom. The van der Waals surface area contributed by atoms with Gasteiger partial charge in [-0.1, -0.05) is 0 Å². The first kappa shape index (κ1) is 23.6. The Balaban J connectivity index is 1.47. The summed E-state index contributed by atoms with van der Waals surface area (Å²) in [4.78, 5) is 18.6. The van der Waals surface area contributed by atoms with Crippen molar-refractivity contribution in [3.05, 3.63) is 36.0 Å². The second-order valence-corrected chi connectivity index (χ2v) is 8.05. The molecule has 2 aliphatic rings. The molecule has 1 aromatic carbocycles. The number of nitriles is 1. The molecule has 0 unspecified atom stereocenters. The first-order valence-corrected chi connectivity index (χ1v) is 11.2. The maximum atomic E-state index is 12.4. The standard InChI is InChI=1S/C24H28N4O6/c1-31-24-17(12-25)10-18(13-27-24)28-6-9-33-22-3-2-19(11-21(22)28)34-20(15-29)14-26-23(30)16-4-7-32-8-5-16/h2-3,10-11,13,16,20,29H,4-9,14-15H2,1H3,(H,26,30)/t20-/m1/s1. The third-order valence-corrected chi connectivity index (χ3v) is 5.86. The minimum absolute atomic E-state index is 0.0457. The van der Waals surface area contributed by atoms with Crippen molar-refractivity contribution in [3.8, 4) is 23.4 Å². The Morgan fingerprint density at radius 3 is 2.91 bits per heavy atom. The molecule has 34 heavy (non-hydrogen) atoms. The fraction of sp³-hybridized carbons (Fsp3) is 0.458. The maximum Gasteiger partial charge on any atom is 0.231 e. The molecule has 2 aliphatic heterocycles.